The van der Waals surface area contributed by atoms with Gasteiger partial charge in [0.05, 0.1) is 4.88 Å². The molecule has 3 heterocycles. The van der Waals surface area contributed by atoms with Crippen LogP contribution in [0, 0.1) is 6.92 Å². The van der Waals surface area contributed by atoms with Gasteiger partial charge in [-0.15, -0.1) is 11.3 Å². The molecule has 1 N–H and O–H groups in total. The summed E-state index contributed by atoms with van der Waals surface area (Å²) in [4.78, 5) is 20.7. The molecule has 0 aliphatic carbocycles. The summed E-state index contributed by atoms with van der Waals surface area (Å²) in [5, 5.41) is 7.36. The van der Waals surface area contributed by atoms with Gasteiger partial charge in [0.2, 0.25) is 5.95 Å². The van der Waals surface area contributed by atoms with Gasteiger partial charge in [0.1, 0.15) is 6.33 Å². The van der Waals surface area contributed by atoms with Crippen LogP contribution in [0.2, 0.25) is 0 Å². The standard InChI is InChI=1S/C15H21N5OS/c1-3-20-15(16-10-17-20)19-8-6-12(7-9-19)18-14(21)13-5-4-11(2)22-13/h4-5,10,12H,3,6-9H2,1-2H3,(H,18,21). The number of carbonyl (C=O) groups excluding carboxylic acids is 1. The summed E-state index contributed by atoms with van der Waals surface area (Å²) < 4.78 is 1.91. The van der Waals surface area contributed by atoms with E-state index in [4.69, 9.17) is 0 Å². The summed E-state index contributed by atoms with van der Waals surface area (Å²) in [5.74, 6) is 0.981. The molecule has 7 heteroatoms. The van der Waals surface area contributed by atoms with Crippen molar-refractivity contribution in [1.82, 2.24) is 20.1 Å². The van der Waals surface area contributed by atoms with E-state index in [0.717, 1.165) is 43.3 Å². The number of aryl methyl sites for hydroxylation is 2. The minimum Gasteiger partial charge on any atom is -0.348 e. The molecule has 0 bridgehead atoms. The van der Waals surface area contributed by atoms with Crippen LogP contribution in [0.5, 0.6) is 0 Å². The second kappa shape index (κ2) is 6.48. The third kappa shape index (κ3) is 3.14. The highest BCUT2D eigenvalue weighted by molar-refractivity contribution is 7.13. The van der Waals surface area contributed by atoms with Gasteiger partial charge in [-0.1, -0.05) is 0 Å². The van der Waals surface area contributed by atoms with Crippen molar-refractivity contribution >= 4 is 23.2 Å². The lowest BCUT2D eigenvalue weighted by atomic mass is 10.1. The normalized spacial score (nSPS) is 16.0. The monoisotopic (exact) mass is 319 g/mol. The Labute approximate surface area is 134 Å². The van der Waals surface area contributed by atoms with Crippen molar-refractivity contribution < 1.29 is 4.79 Å². The molecule has 1 amide bonds. The molecular formula is C15H21N5OS. The van der Waals surface area contributed by atoms with Crippen LogP contribution in [-0.2, 0) is 6.54 Å². The smallest absolute Gasteiger partial charge is 0.261 e. The van der Waals surface area contributed by atoms with Crippen LogP contribution in [-0.4, -0.2) is 39.8 Å². The van der Waals surface area contributed by atoms with Crippen LogP contribution in [0.15, 0.2) is 18.5 Å². The Balaban J connectivity index is 1.55. The fourth-order valence-electron chi connectivity index (χ4n) is 2.76. The van der Waals surface area contributed by atoms with Crippen LogP contribution in [0.25, 0.3) is 0 Å². The van der Waals surface area contributed by atoms with Gasteiger partial charge >= 0.3 is 0 Å². The van der Waals surface area contributed by atoms with E-state index in [0.29, 0.717) is 0 Å². The molecule has 22 heavy (non-hydrogen) atoms. The van der Waals surface area contributed by atoms with Gasteiger partial charge in [0.25, 0.3) is 5.91 Å². The molecule has 2 aromatic rings. The molecule has 0 aromatic carbocycles. The Bertz CT molecular complexity index is 642. The number of hydrogen-bond acceptors (Lipinski definition) is 5. The number of nitrogens with one attached hydrogen (secondary N) is 1. The van der Waals surface area contributed by atoms with E-state index in [-0.39, 0.29) is 11.9 Å². The highest BCUT2D eigenvalue weighted by Gasteiger charge is 2.24. The first-order valence-electron chi connectivity index (χ1n) is 7.67. The van der Waals surface area contributed by atoms with Crippen molar-refractivity contribution in [3.05, 3.63) is 28.2 Å². The topological polar surface area (TPSA) is 63.1 Å². The number of amides is 1. The summed E-state index contributed by atoms with van der Waals surface area (Å²) in [6.45, 7) is 6.70. The molecule has 3 rings (SSSR count). The zero-order chi connectivity index (χ0) is 15.5. The predicted octanol–water partition coefficient (Wildman–Crippen LogP) is 2.07. The Morgan fingerprint density at radius 2 is 2.18 bits per heavy atom. The Morgan fingerprint density at radius 3 is 2.82 bits per heavy atom. The number of anilines is 1. The number of nitrogens with zero attached hydrogens (tertiary/aromatic N) is 4. The number of aromatic nitrogens is 3. The van der Waals surface area contributed by atoms with Gasteiger partial charge in [-0.3, -0.25) is 4.79 Å². The van der Waals surface area contributed by atoms with Gasteiger partial charge in [0.15, 0.2) is 0 Å². The van der Waals surface area contributed by atoms with Crippen LogP contribution in [0.3, 0.4) is 0 Å². The van der Waals surface area contributed by atoms with E-state index in [2.05, 4.69) is 27.2 Å². The minimum absolute atomic E-state index is 0.0493. The Morgan fingerprint density at radius 1 is 1.41 bits per heavy atom. The average molecular weight is 319 g/mol. The van der Waals surface area contributed by atoms with E-state index in [1.165, 1.54) is 4.88 Å². The third-order valence-electron chi connectivity index (χ3n) is 3.97. The zero-order valence-corrected chi connectivity index (χ0v) is 13.8. The fourth-order valence-corrected chi connectivity index (χ4v) is 3.53. The minimum atomic E-state index is 0.0493. The molecule has 2 aromatic heterocycles. The van der Waals surface area contributed by atoms with E-state index in [1.54, 1.807) is 17.7 Å². The molecule has 0 radical (unpaired) electrons. The van der Waals surface area contributed by atoms with Gasteiger partial charge < -0.3 is 10.2 Å². The Hall–Kier alpha value is -1.89. The number of rotatable bonds is 4. The average Bonchev–Trinajstić information content (AvgIpc) is 3.16. The molecule has 118 valence electrons. The third-order valence-corrected chi connectivity index (χ3v) is 4.97. The van der Waals surface area contributed by atoms with Gasteiger partial charge in [-0.05, 0) is 38.8 Å². The van der Waals surface area contributed by atoms with Gasteiger partial charge in [0, 0.05) is 30.6 Å². The SMILES string of the molecule is CCn1ncnc1N1CCC(NC(=O)c2ccc(C)s2)CC1. The summed E-state index contributed by atoms with van der Waals surface area (Å²) in [6, 6.07) is 4.12. The molecule has 1 fully saturated rings. The van der Waals surface area contributed by atoms with Crippen LogP contribution >= 0.6 is 11.3 Å². The summed E-state index contributed by atoms with van der Waals surface area (Å²) in [5.41, 5.74) is 0. The number of carbonyl (C=O) groups is 1. The maximum absolute atomic E-state index is 12.2. The molecule has 1 aliphatic rings. The maximum atomic E-state index is 12.2. The lowest BCUT2D eigenvalue weighted by Crippen LogP contribution is -2.45. The molecule has 0 saturated carbocycles. The largest absolute Gasteiger partial charge is 0.348 e. The molecule has 1 saturated heterocycles. The molecule has 6 nitrogen and oxygen atoms in total. The van der Waals surface area contributed by atoms with E-state index < -0.39 is 0 Å². The molecule has 0 unspecified atom stereocenters. The van der Waals surface area contributed by atoms with Crippen LogP contribution < -0.4 is 10.2 Å². The lowest BCUT2D eigenvalue weighted by Gasteiger charge is -2.32. The second-order valence-corrected chi connectivity index (χ2v) is 6.81. The quantitative estimate of drug-likeness (QED) is 0.937. The second-order valence-electron chi connectivity index (χ2n) is 5.52. The highest BCUT2D eigenvalue weighted by atomic mass is 32.1. The van der Waals surface area contributed by atoms with Crippen molar-refractivity contribution in [2.75, 3.05) is 18.0 Å². The zero-order valence-electron chi connectivity index (χ0n) is 13.0. The lowest BCUT2D eigenvalue weighted by molar-refractivity contribution is 0.0935. The molecular weight excluding hydrogens is 298 g/mol. The van der Waals surface area contributed by atoms with Crippen molar-refractivity contribution in [3.8, 4) is 0 Å². The first kappa shape index (κ1) is 15.0. The fraction of sp³-hybridized carbons (Fsp3) is 0.533. The number of hydrogen-bond donors (Lipinski definition) is 1. The molecule has 1 aliphatic heterocycles. The van der Waals surface area contributed by atoms with Gasteiger partial charge in [-0.2, -0.15) is 10.1 Å². The number of thiophene rings is 1. The highest BCUT2D eigenvalue weighted by Crippen LogP contribution is 2.19. The van der Waals surface area contributed by atoms with Crippen molar-refractivity contribution in [2.45, 2.75) is 39.3 Å². The summed E-state index contributed by atoms with van der Waals surface area (Å²) >= 11 is 1.54. The Kier molecular flexibility index (Phi) is 4.42. The summed E-state index contributed by atoms with van der Waals surface area (Å²) in [6.07, 6.45) is 3.48. The first-order chi connectivity index (χ1) is 10.7. The predicted molar refractivity (Wildman–Crippen MR) is 87.5 cm³/mol. The number of piperidine rings is 1. The van der Waals surface area contributed by atoms with Crippen molar-refractivity contribution in [1.29, 1.82) is 0 Å². The first-order valence-corrected chi connectivity index (χ1v) is 8.49. The van der Waals surface area contributed by atoms with E-state index >= 15 is 0 Å². The van der Waals surface area contributed by atoms with E-state index in [1.807, 2.05) is 23.7 Å². The van der Waals surface area contributed by atoms with Gasteiger partial charge in [-0.25, -0.2) is 4.68 Å². The van der Waals surface area contributed by atoms with Crippen LogP contribution in [0.1, 0.15) is 34.3 Å². The molecule has 0 spiro atoms. The maximum Gasteiger partial charge on any atom is 0.261 e. The molecule has 0 atom stereocenters. The van der Waals surface area contributed by atoms with E-state index in [9.17, 15) is 4.79 Å². The summed E-state index contributed by atoms with van der Waals surface area (Å²) in [7, 11) is 0. The van der Waals surface area contributed by atoms with Crippen molar-refractivity contribution in [2.24, 2.45) is 0 Å². The van der Waals surface area contributed by atoms with Crippen LogP contribution in [0.4, 0.5) is 5.95 Å². The van der Waals surface area contributed by atoms with Crippen molar-refractivity contribution in [3.63, 3.8) is 0 Å².